The lowest BCUT2D eigenvalue weighted by Gasteiger charge is -2.44. The standard InChI is InChI=1S/C25H27Cl2FN2O5/c26-19-7-5-15(9-20(19)27)11-29-24(32)10-17-6-8-22-23(35-17)14-34-13-16(31)12-30(22)25(33)18-3-1-2-4-21(18)28/h1-5,7,9,16-17,22-23,31H,6,8,10-14H2,(H,29,32)/t16-,17+,22+,23-/m1/s1. The van der Waals surface area contributed by atoms with Gasteiger partial charge in [-0.2, -0.15) is 0 Å². The smallest absolute Gasteiger partial charge is 0.257 e. The van der Waals surface area contributed by atoms with Crippen molar-refractivity contribution in [2.24, 2.45) is 0 Å². The first-order chi connectivity index (χ1) is 16.8. The summed E-state index contributed by atoms with van der Waals surface area (Å²) < 4.78 is 26.1. The zero-order chi connectivity index (χ0) is 24.9. The van der Waals surface area contributed by atoms with Crippen LogP contribution in [0.5, 0.6) is 0 Å². The van der Waals surface area contributed by atoms with Gasteiger partial charge < -0.3 is 24.8 Å². The number of rotatable bonds is 5. The molecule has 0 aliphatic carbocycles. The maximum atomic E-state index is 14.3. The summed E-state index contributed by atoms with van der Waals surface area (Å²) in [6, 6.07) is 10.5. The number of carbonyl (C=O) groups excluding carboxylic acids is 2. The molecule has 0 aromatic heterocycles. The second-order valence-corrected chi connectivity index (χ2v) is 9.61. The molecule has 4 atom stereocenters. The molecular weight excluding hydrogens is 498 g/mol. The Kier molecular flexibility index (Phi) is 8.62. The highest BCUT2D eigenvalue weighted by Crippen LogP contribution is 2.29. The molecule has 10 heteroatoms. The number of carbonyl (C=O) groups is 2. The Morgan fingerprint density at radius 3 is 2.69 bits per heavy atom. The number of nitrogens with one attached hydrogen (secondary N) is 1. The molecule has 7 nitrogen and oxygen atoms in total. The van der Waals surface area contributed by atoms with E-state index in [1.165, 1.54) is 23.1 Å². The first kappa shape index (κ1) is 25.9. The third kappa shape index (κ3) is 6.51. The summed E-state index contributed by atoms with van der Waals surface area (Å²) >= 11 is 12.0. The predicted octanol–water partition coefficient (Wildman–Crippen LogP) is 3.59. The molecule has 2 saturated heterocycles. The van der Waals surface area contributed by atoms with Crippen LogP contribution in [0.2, 0.25) is 10.0 Å². The van der Waals surface area contributed by atoms with Gasteiger partial charge in [-0.1, -0.05) is 41.4 Å². The molecule has 2 N–H and O–H groups in total. The van der Waals surface area contributed by atoms with Gasteiger partial charge in [0.25, 0.3) is 5.91 Å². The highest BCUT2D eigenvalue weighted by Gasteiger charge is 2.40. The summed E-state index contributed by atoms with van der Waals surface area (Å²) in [4.78, 5) is 27.2. The van der Waals surface area contributed by atoms with Crippen molar-refractivity contribution in [1.82, 2.24) is 10.2 Å². The fraction of sp³-hybridized carbons (Fsp3) is 0.440. The molecule has 2 fully saturated rings. The fourth-order valence-electron chi connectivity index (χ4n) is 4.49. The summed E-state index contributed by atoms with van der Waals surface area (Å²) in [5.74, 6) is -1.29. The van der Waals surface area contributed by atoms with Gasteiger partial charge in [0, 0.05) is 13.1 Å². The molecule has 2 aromatic rings. The number of halogens is 3. The first-order valence-corrected chi connectivity index (χ1v) is 12.2. The Balaban J connectivity index is 1.39. The molecule has 2 aromatic carbocycles. The highest BCUT2D eigenvalue weighted by atomic mass is 35.5. The number of aliphatic hydroxyl groups is 1. The number of fused-ring (bicyclic) bond motifs is 1. The Hall–Kier alpha value is -2.23. The third-order valence-electron chi connectivity index (χ3n) is 6.23. The maximum absolute atomic E-state index is 14.3. The largest absolute Gasteiger partial charge is 0.389 e. The SMILES string of the molecule is O=C(C[C@@H]1CC[C@H]2[C@@H](COC[C@H](O)CN2C(=O)c2ccccc2F)O1)NCc1ccc(Cl)c(Cl)c1. The van der Waals surface area contributed by atoms with Crippen LogP contribution in [-0.4, -0.2) is 65.9 Å². The van der Waals surface area contributed by atoms with E-state index in [2.05, 4.69) is 5.32 Å². The van der Waals surface area contributed by atoms with Crippen molar-refractivity contribution in [3.05, 3.63) is 69.5 Å². The lowest BCUT2D eigenvalue weighted by atomic mass is 9.94. The number of amides is 2. The second kappa shape index (κ2) is 11.7. The number of β-amino-alcohol motifs (C(OH)–C–C–N with tert-alkyl or cyclic N) is 1. The van der Waals surface area contributed by atoms with Gasteiger partial charge in [0.15, 0.2) is 0 Å². The Labute approximate surface area is 213 Å². The molecule has 188 valence electrons. The van der Waals surface area contributed by atoms with Crippen molar-refractivity contribution in [2.75, 3.05) is 19.8 Å². The minimum absolute atomic E-state index is 0.00645. The number of benzene rings is 2. The summed E-state index contributed by atoms with van der Waals surface area (Å²) in [6.45, 7) is 0.500. The maximum Gasteiger partial charge on any atom is 0.257 e. The van der Waals surface area contributed by atoms with Gasteiger partial charge in [-0.3, -0.25) is 9.59 Å². The molecular formula is C25H27Cl2FN2O5. The monoisotopic (exact) mass is 524 g/mol. The number of nitrogens with zero attached hydrogens (tertiary/aromatic N) is 1. The van der Waals surface area contributed by atoms with Crippen LogP contribution in [-0.2, 0) is 20.8 Å². The van der Waals surface area contributed by atoms with Crippen molar-refractivity contribution in [3.63, 3.8) is 0 Å². The highest BCUT2D eigenvalue weighted by molar-refractivity contribution is 6.42. The molecule has 0 bridgehead atoms. The molecule has 0 unspecified atom stereocenters. The average molecular weight is 525 g/mol. The van der Waals surface area contributed by atoms with Gasteiger partial charge in [-0.25, -0.2) is 4.39 Å². The van der Waals surface area contributed by atoms with Crippen molar-refractivity contribution < 1.29 is 28.6 Å². The summed E-state index contributed by atoms with van der Waals surface area (Å²) in [7, 11) is 0. The van der Waals surface area contributed by atoms with Crippen molar-refractivity contribution >= 4 is 35.0 Å². The van der Waals surface area contributed by atoms with Gasteiger partial charge >= 0.3 is 0 Å². The van der Waals surface area contributed by atoms with Gasteiger partial charge in [0.05, 0.1) is 53.5 Å². The van der Waals surface area contributed by atoms with E-state index in [0.717, 1.165) is 5.56 Å². The van der Waals surface area contributed by atoms with Gasteiger partial charge in [-0.15, -0.1) is 0 Å². The van der Waals surface area contributed by atoms with Crippen LogP contribution in [0.1, 0.15) is 35.2 Å². The minimum Gasteiger partial charge on any atom is -0.389 e. The van der Waals surface area contributed by atoms with Crippen LogP contribution < -0.4 is 5.32 Å². The lowest BCUT2D eigenvalue weighted by molar-refractivity contribution is -0.151. The van der Waals surface area contributed by atoms with E-state index in [0.29, 0.717) is 29.4 Å². The van der Waals surface area contributed by atoms with Crippen LogP contribution in [0.3, 0.4) is 0 Å². The minimum atomic E-state index is -0.892. The van der Waals surface area contributed by atoms with Crippen LogP contribution in [0.15, 0.2) is 42.5 Å². The Bertz CT molecular complexity index is 1070. The van der Waals surface area contributed by atoms with Crippen molar-refractivity contribution in [3.8, 4) is 0 Å². The fourth-order valence-corrected chi connectivity index (χ4v) is 4.81. The van der Waals surface area contributed by atoms with E-state index in [9.17, 15) is 19.1 Å². The van der Waals surface area contributed by atoms with Gasteiger partial charge in [0.2, 0.25) is 5.91 Å². The third-order valence-corrected chi connectivity index (χ3v) is 6.97. The molecule has 2 heterocycles. The van der Waals surface area contributed by atoms with Gasteiger partial charge in [-0.05, 0) is 42.7 Å². The second-order valence-electron chi connectivity index (χ2n) is 8.80. The van der Waals surface area contributed by atoms with Crippen LogP contribution >= 0.6 is 23.2 Å². The molecule has 2 amide bonds. The number of ether oxygens (including phenoxy) is 2. The Morgan fingerprint density at radius 1 is 1.11 bits per heavy atom. The normalized spacial score (nSPS) is 24.7. The van der Waals surface area contributed by atoms with E-state index in [-0.39, 0.29) is 43.8 Å². The van der Waals surface area contributed by atoms with E-state index < -0.39 is 30.0 Å². The molecule has 4 rings (SSSR count). The Morgan fingerprint density at radius 2 is 1.91 bits per heavy atom. The molecule has 2 aliphatic heterocycles. The molecule has 35 heavy (non-hydrogen) atoms. The van der Waals surface area contributed by atoms with Gasteiger partial charge in [0.1, 0.15) is 11.9 Å². The molecule has 0 spiro atoms. The van der Waals surface area contributed by atoms with Crippen LogP contribution in [0.25, 0.3) is 0 Å². The topological polar surface area (TPSA) is 88.1 Å². The molecule has 0 saturated carbocycles. The van der Waals surface area contributed by atoms with E-state index in [4.69, 9.17) is 32.7 Å². The summed E-state index contributed by atoms with van der Waals surface area (Å²) in [5, 5.41) is 14.0. The molecule has 2 aliphatic rings. The average Bonchev–Trinajstić information content (AvgIpc) is 2.82. The molecule has 0 radical (unpaired) electrons. The van der Waals surface area contributed by atoms with Crippen LogP contribution in [0.4, 0.5) is 4.39 Å². The van der Waals surface area contributed by atoms with E-state index >= 15 is 0 Å². The lowest BCUT2D eigenvalue weighted by Crippen LogP contribution is -2.57. The quantitative estimate of drug-likeness (QED) is 0.623. The number of hydrogen-bond acceptors (Lipinski definition) is 5. The van der Waals surface area contributed by atoms with Crippen molar-refractivity contribution in [2.45, 2.75) is 50.2 Å². The van der Waals surface area contributed by atoms with E-state index in [1.807, 2.05) is 0 Å². The summed E-state index contributed by atoms with van der Waals surface area (Å²) in [5.41, 5.74) is 0.774. The van der Waals surface area contributed by atoms with E-state index in [1.54, 1.807) is 24.3 Å². The van der Waals surface area contributed by atoms with Crippen LogP contribution in [0, 0.1) is 5.82 Å². The number of aliphatic hydroxyl groups excluding tert-OH is 1. The van der Waals surface area contributed by atoms with Crippen molar-refractivity contribution in [1.29, 1.82) is 0 Å². The first-order valence-electron chi connectivity index (χ1n) is 11.5. The summed E-state index contributed by atoms with van der Waals surface area (Å²) in [6.07, 6.45) is -0.543. The zero-order valence-corrected chi connectivity index (χ0v) is 20.5. The zero-order valence-electron chi connectivity index (χ0n) is 19.0. The number of hydrogen-bond donors (Lipinski definition) is 2. The predicted molar refractivity (Wildman–Crippen MR) is 129 cm³/mol.